The molecule has 0 aliphatic carbocycles. The summed E-state index contributed by atoms with van der Waals surface area (Å²) in [6, 6.07) is 15.2. The molecule has 2 aromatic carbocycles. The predicted molar refractivity (Wildman–Crippen MR) is 81.3 cm³/mol. The van der Waals surface area contributed by atoms with E-state index in [1.165, 1.54) is 0 Å². The molecule has 0 saturated carbocycles. The minimum Gasteiger partial charge on any atom is -0.409 e. The van der Waals surface area contributed by atoms with Crippen LogP contribution in [0.15, 0.2) is 48.5 Å². The van der Waals surface area contributed by atoms with Gasteiger partial charge in [-0.2, -0.15) is 0 Å². The van der Waals surface area contributed by atoms with Gasteiger partial charge in [-0.3, -0.25) is 0 Å². The van der Waals surface area contributed by atoms with Crippen LogP contribution in [0.5, 0.6) is 0 Å². The molecule has 0 fully saturated rings. The van der Waals surface area contributed by atoms with Gasteiger partial charge in [-0.05, 0) is 37.6 Å². The molecule has 0 saturated heterocycles. The number of hydrogen-bond acceptors (Lipinski definition) is 3. The Bertz CT molecular complexity index is 596. The van der Waals surface area contributed by atoms with Crippen LogP contribution in [0.3, 0.4) is 0 Å². The minimum atomic E-state index is -1.39. The molecule has 2 rings (SSSR count). The fraction of sp³-hybridized carbons (Fsp3) is 0.188. The molecular weight excluding hydrogens is 271 g/mol. The van der Waals surface area contributed by atoms with Crippen LogP contribution >= 0.6 is 8.38 Å². The van der Waals surface area contributed by atoms with E-state index in [9.17, 15) is 4.79 Å². The Labute approximate surface area is 120 Å². The van der Waals surface area contributed by atoms with Crippen molar-refractivity contribution in [2.75, 3.05) is 7.11 Å². The Morgan fingerprint density at radius 3 is 2.35 bits per heavy atom. The first-order valence-corrected chi connectivity index (χ1v) is 7.48. The molecule has 2 aromatic rings. The van der Waals surface area contributed by atoms with Crippen molar-refractivity contribution in [2.45, 2.75) is 13.8 Å². The molecule has 1 unspecified atom stereocenters. The Hall–Kier alpha value is -1.70. The van der Waals surface area contributed by atoms with Crippen molar-refractivity contribution in [1.82, 2.24) is 0 Å². The first-order chi connectivity index (χ1) is 9.61. The average Bonchev–Trinajstić information content (AvgIpc) is 2.45. The highest BCUT2D eigenvalue weighted by atomic mass is 31.2. The van der Waals surface area contributed by atoms with E-state index in [4.69, 9.17) is 9.05 Å². The van der Waals surface area contributed by atoms with Gasteiger partial charge in [-0.15, -0.1) is 0 Å². The summed E-state index contributed by atoms with van der Waals surface area (Å²) >= 11 is 0. The van der Waals surface area contributed by atoms with Crippen molar-refractivity contribution in [3.8, 4) is 0 Å². The first-order valence-electron chi connectivity index (χ1n) is 6.30. The second kappa shape index (κ2) is 6.65. The minimum absolute atomic E-state index is 0.348. The maximum absolute atomic E-state index is 12.2. The van der Waals surface area contributed by atoms with Gasteiger partial charge in [0.15, 0.2) is 0 Å². The zero-order valence-electron chi connectivity index (χ0n) is 11.8. The van der Waals surface area contributed by atoms with Crippen molar-refractivity contribution in [2.24, 2.45) is 0 Å². The SMILES string of the molecule is COP(OC(=O)c1ccc(C)cc1C)c1ccccc1. The molecule has 0 aliphatic rings. The molecule has 0 heterocycles. The van der Waals surface area contributed by atoms with Crippen molar-refractivity contribution >= 4 is 19.6 Å². The third-order valence-electron chi connectivity index (χ3n) is 2.90. The highest BCUT2D eigenvalue weighted by Gasteiger charge is 2.19. The van der Waals surface area contributed by atoms with Gasteiger partial charge in [0.1, 0.15) is 0 Å². The molecule has 0 bridgehead atoms. The van der Waals surface area contributed by atoms with E-state index in [0.29, 0.717) is 5.56 Å². The van der Waals surface area contributed by atoms with Crippen LogP contribution in [0.1, 0.15) is 21.5 Å². The molecule has 0 N–H and O–H groups in total. The van der Waals surface area contributed by atoms with Crippen LogP contribution in [-0.2, 0) is 9.05 Å². The van der Waals surface area contributed by atoms with Gasteiger partial charge in [0.2, 0.25) is 0 Å². The fourth-order valence-electron chi connectivity index (χ4n) is 1.91. The summed E-state index contributed by atoms with van der Waals surface area (Å²) in [5.74, 6) is -0.348. The molecule has 20 heavy (non-hydrogen) atoms. The summed E-state index contributed by atoms with van der Waals surface area (Å²) in [5, 5.41) is 0.878. The van der Waals surface area contributed by atoms with E-state index in [2.05, 4.69) is 0 Å². The monoisotopic (exact) mass is 288 g/mol. The molecule has 1 atom stereocenters. The summed E-state index contributed by atoms with van der Waals surface area (Å²) < 4.78 is 10.8. The van der Waals surface area contributed by atoms with Crippen LogP contribution in [-0.4, -0.2) is 13.1 Å². The average molecular weight is 288 g/mol. The Kier molecular flexibility index (Phi) is 4.89. The van der Waals surface area contributed by atoms with Crippen LogP contribution in [0.25, 0.3) is 0 Å². The Morgan fingerprint density at radius 1 is 1.05 bits per heavy atom. The van der Waals surface area contributed by atoms with E-state index in [0.717, 1.165) is 16.4 Å². The fourth-order valence-corrected chi connectivity index (χ4v) is 2.97. The van der Waals surface area contributed by atoms with Crippen molar-refractivity contribution in [3.63, 3.8) is 0 Å². The van der Waals surface area contributed by atoms with Gasteiger partial charge < -0.3 is 9.05 Å². The maximum Gasteiger partial charge on any atom is 0.343 e. The molecule has 0 amide bonds. The van der Waals surface area contributed by atoms with Crippen LogP contribution in [0.2, 0.25) is 0 Å². The van der Waals surface area contributed by atoms with E-state index in [-0.39, 0.29) is 5.97 Å². The van der Waals surface area contributed by atoms with Gasteiger partial charge in [0.25, 0.3) is 8.38 Å². The van der Waals surface area contributed by atoms with E-state index >= 15 is 0 Å². The number of benzene rings is 2. The van der Waals surface area contributed by atoms with Crippen LogP contribution < -0.4 is 5.30 Å². The molecule has 0 aromatic heterocycles. The lowest BCUT2D eigenvalue weighted by molar-refractivity contribution is 0.0736. The number of carbonyl (C=O) groups excluding carboxylic acids is 1. The summed E-state index contributed by atoms with van der Waals surface area (Å²) in [5.41, 5.74) is 2.61. The zero-order valence-corrected chi connectivity index (χ0v) is 12.7. The normalized spacial score (nSPS) is 11.9. The van der Waals surface area contributed by atoms with Gasteiger partial charge in [0, 0.05) is 12.4 Å². The quantitative estimate of drug-likeness (QED) is 0.804. The number of hydrogen-bond donors (Lipinski definition) is 0. The Morgan fingerprint density at radius 2 is 1.75 bits per heavy atom. The van der Waals surface area contributed by atoms with Crippen molar-refractivity contribution in [3.05, 3.63) is 65.2 Å². The standard InChI is InChI=1S/C16H17O3P/c1-12-9-10-15(13(2)11-12)16(17)19-20(18-3)14-7-5-4-6-8-14/h4-11H,1-3H3. The summed E-state index contributed by atoms with van der Waals surface area (Å²) in [6.07, 6.45) is 0. The molecular formula is C16H17O3P. The second-order valence-electron chi connectivity index (χ2n) is 4.47. The predicted octanol–water partition coefficient (Wildman–Crippen LogP) is 3.74. The van der Waals surface area contributed by atoms with Gasteiger partial charge in [-0.25, -0.2) is 4.79 Å². The van der Waals surface area contributed by atoms with E-state index in [1.54, 1.807) is 13.2 Å². The van der Waals surface area contributed by atoms with E-state index < -0.39 is 8.38 Å². The Balaban J connectivity index is 2.17. The smallest absolute Gasteiger partial charge is 0.343 e. The maximum atomic E-state index is 12.2. The topological polar surface area (TPSA) is 35.5 Å². The summed E-state index contributed by atoms with van der Waals surface area (Å²) in [6.45, 7) is 3.90. The van der Waals surface area contributed by atoms with Crippen molar-refractivity contribution in [1.29, 1.82) is 0 Å². The number of rotatable bonds is 4. The highest BCUT2D eigenvalue weighted by Crippen LogP contribution is 2.37. The zero-order chi connectivity index (χ0) is 14.5. The third kappa shape index (κ3) is 3.44. The number of aryl methyl sites for hydroxylation is 2. The van der Waals surface area contributed by atoms with Crippen molar-refractivity contribution < 1.29 is 13.8 Å². The third-order valence-corrected chi connectivity index (χ3v) is 4.28. The molecule has 0 radical (unpaired) electrons. The molecule has 3 nitrogen and oxygen atoms in total. The highest BCUT2D eigenvalue weighted by molar-refractivity contribution is 7.56. The first kappa shape index (κ1) is 14.7. The lowest BCUT2D eigenvalue weighted by Crippen LogP contribution is -2.10. The lowest BCUT2D eigenvalue weighted by atomic mass is 10.1. The van der Waals surface area contributed by atoms with Gasteiger partial charge in [0.05, 0.1) is 5.56 Å². The second-order valence-corrected chi connectivity index (χ2v) is 6.05. The van der Waals surface area contributed by atoms with Crippen LogP contribution in [0, 0.1) is 13.8 Å². The summed E-state index contributed by atoms with van der Waals surface area (Å²) in [4.78, 5) is 12.2. The largest absolute Gasteiger partial charge is 0.409 e. The number of carbonyl (C=O) groups is 1. The van der Waals surface area contributed by atoms with Crippen LogP contribution in [0.4, 0.5) is 0 Å². The molecule has 0 aliphatic heterocycles. The van der Waals surface area contributed by atoms with Gasteiger partial charge >= 0.3 is 5.97 Å². The molecule has 4 heteroatoms. The van der Waals surface area contributed by atoms with E-state index in [1.807, 2.05) is 56.3 Å². The summed E-state index contributed by atoms with van der Waals surface area (Å²) in [7, 11) is 0.163. The molecule has 104 valence electrons. The molecule has 0 spiro atoms. The van der Waals surface area contributed by atoms with Gasteiger partial charge in [-0.1, -0.05) is 35.9 Å². The lowest BCUT2D eigenvalue weighted by Gasteiger charge is -2.15.